The summed E-state index contributed by atoms with van der Waals surface area (Å²) >= 11 is 0. The predicted molar refractivity (Wildman–Crippen MR) is 267 cm³/mol. The maximum absolute atomic E-state index is 12.6. The van der Waals surface area contributed by atoms with E-state index in [0.717, 1.165) is 91.1 Å². The number of rotatable bonds is 12. The average Bonchev–Trinajstić information content (AvgIpc) is 4.02. The number of nitrogens with zero attached hydrogens (tertiary/aromatic N) is 6. The third kappa shape index (κ3) is 11.0. The van der Waals surface area contributed by atoms with E-state index in [2.05, 4.69) is 152 Å². The summed E-state index contributed by atoms with van der Waals surface area (Å²) in [7, 11) is 0. The molecule has 0 saturated heterocycles. The summed E-state index contributed by atoms with van der Waals surface area (Å²) in [4.78, 5) is 34.4. The molecule has 0 saturated carbocycles. The molecule has 8 aromatic rings. The monoisotopic (exact) mass is 897 g/mol. The van der Waals surface area contributed by atoms with Crippen molar-refractivity contribution in [1.29, 1.82) is 0 Å². The van der Waals surface area contributed by atoms with E-state index in [-0.39, 0.29) is 18.3 Å². The maximum atomic E-state index is 12.6. The third-order valence-corrected chi connectivity index (χ3v) is 12.1. The van der Waals surface area contributed by atoms with Gasteiger partial charge in [-0.05, 0) is 171 Å². The summed E-state index contributed by atoms with van der Waals surface area (Å²) in [6.45, 7) is 22.6. The number of amides is 1. The number of alkyl carbamates (subject to hydrolysis) is 1. The quantitative estimate of drug-likeness (QED) is 0.126. The molecule has 346 valence electrons. The highest BCUT2D eigenvalue weighted by Gasteiger charge is 2.24. The molecular formula is C56H63N7O4. The molecule has 2 atom stereocenters. The summed E-state index contributed by atoms with van der Waals surface area (Å²) < 4.78 is 14.1. The van der Waals surface area contributed by atoms with Crippen LogP contribution >= 0.6 is 0 Å². The molecule has 2 aromatic carbocycles. The van der Waals surface area contributed by atoms with E-state index in [1.54, 1.807) is 0 Å². The molecule has 0 bridgehead atoms. The summed E-state index contributed by atoms with van der Waals surface area (Å²) in [5.74, 6) is 2.12. The number of nitrogens with one attached hydrogen (secondary N) is 1. The second kappa shape index (κ2) is 20.0. The molecule has 2 N–H and O–H groups in total. The summed E-state index contributed by atoms with van der Waals surface area (Å²) in [5.41, 5.74) is 12.4. The lowest BCUT2D eigenvalue weighted by molar-refractivity contribution is -0.137. The Balaban J connectivity index is 0.000000201. The molecule has 11 heteroatoms. The van der Waals surface area contributed by atoms with Crippen molar-refractivity contribution in [3.8, 4) is 23.3 Å². The number of carboxylic acid groups (broad SMARTS) is 1. The van der Waals surface area contributed by atoms with E-state index in [1.807, 2.05) is 81.4 Å². The zero-order valence-corrected chi connectivity index (χ0v) is 40.6. The molecule has 0 aliphatic carbocycles. The van der Waals surface area contributed by atoms with Crippen LogP contribution in [0.1, 0.15) is 107 Å². The molecule has 0 radical (unpaired) electrons. The molecule has 0 spiro atoms. The summed E-state index contributed by atoms with van der Waals surface area (Å²) in [6, 6.07) is 45.1. The first-order chi connectivity index (χ1) is 31.9. The van der Waals surface area contributed by atoms with E-state index < -0.39 is 17.7 Å². The van der Waals surface area contributed by atoms with E-state index in [9.17, 15) is 14.7 Å². The number of carbonyl (C=O) groups excluding carboxylic acids is 1. The van der Waals surface area contributed by atoms with Crippen molar-refractivity contribution in [3.63, 3.8) is 0 Å². The molecule has 1 amide bonds. The fourth-order valence-corrected chi connectivity index (χ4v) is 8.92. The first-order valence-corrected chi connectivity index (χ1v) is 22.8. The summed E-state index contributed by atoms with van der Waals surface area (Å²) in [6.07, 6.45) is -0.410. The van der Waals surface area contributed by atoms with Gasteiger partial charge in [-0.1, -0.05) is 60.7 Å². The first-order valence-electron chi connectivity index (χ1n) is 22.8. The van der Waals surface area contributed by atoms with Gasteiger partial charge in [0.2, 0.25) is 0 Å². The number of carbonyl (C=O) groups is 2. The lowest BCUT2D eigenvalue weighted by atomic mass is 9.89. The van der Waals surface area contributed by atoms with Gasteiger partial charge in [0.25, 0.3) is 0 Å². The zero-order chi connectivity index (χ0) is 48.2. The lowest BCUT2D eigenvalue weighted by Crippen LogP contribution is -2.35. The maximum Gasteiger partial charge on any atom is 0.407 e. The van der Waals surface area contributed by atoms with Crippen LogP contribution < -0.4 is 5.32 Å². The largest absolute Gasteiger partial charge is 0.481 e. The van der Waals surface area contributed by atoms with Crippen LogP contribution in [-0.4, -0.2) is 57.6 Å². The van der Waals surface area contributed by atoms with Crippen LogP contribution in [0.5, 0.6) is 0 Å². The number of aromatic nitrogens is 6. The molecule has 6 aromatic heterocycles. The number of carboxylic acids is 1. The fourth-order valence-electron chi connectivity index (χ4n) is 8.92. The SMILES string of the molecule is Cc1ccc(C)n1-c1cc(C(CC(=O)O)c2ccccc2)cc(-n2c(C)ccc2C)n1.Cc1ccc(C)n1-c1cc(C(CNC(=O)OC(C)(C)C)c2ccccc2)cc(-n2c(C)ccc2C)n1. The van der Waals surface area contributed by atoms with E-state index >= 15 is 0 Å². The lowest BCUT2D eigenvalue weighted by Gasteiger charge is -2.24. The molecular weight excluding hydrogens is 835 g/mol. The number of hydrogen-bond donors (Lipinski definition) is 2. The van der Waals surface area contributed by atoms with Crippen LogP contribution in [0.25, 0.3) is 23.3 Å². The van der Waals surface area contributed by atoms with Crippen molar-refractivity contribution in [2.24, 2.45) is 0 Å². The van der Waals surface area contributed by atoms with Crippen LogP contribution in [0, 0.1) is 55.4 Å². The second-order valence-electron chi connectivity index (χ2n) is 18.4. The van der Waals surface area contributed by atoms with Crippen molar-refractivity contribution < 1.29 is 19.4 Å². The Hall–Kier alpha value is -7.40. The summed E-state index contributed by atoms with van der Waals surface area (Å²) in [5, 5.41) is 12.7. The van der Waals surface area contributed by atoms with Gasteiger partial charge in [-0.2, -0.15) is 0 Å². The molecule has 2 unspecified atom stereocenters. The zero-order valence-electron chi connectivity index (χ0n) is 40.6. The number of aliphatic carboxylic acids is 1. The van der Waals surface area contributed by atoms with Gasteiger partial charge in [-0.25, -0.2) is 14.8 Å². The highest BCUT2D eigenvalue weighted by atomic mass is 16.6. The van der Waals surface area contributed by atoms with Crippen molar-refractivity contribution >= 4 is 12.1 Å². The molecule has 6 heterocycles. The van der Waals surface area contributed by atoms with Crippen molar-refractivity contribution in [2.45, 2.75) is 100 Å². The van der Waals surface area contributed by atoms with Crippen LogP contribution in [0.4, 0.5) is 4.79 Å². The molecule has 11 nitrogen and oxygen atoms in total. The Morgan fingerprint density at radius 1 is 0.493 bits per heavy atom. The molecule has 0 fully saturated rings. The van der Waals surface area contributed by atoms with Crippen molar-refractivity contribution in [3.05, 3.63) is 201 Å². The van der Waals surface area contributed by atoms with E-state index in [4.69, 9.17) is 14.7 Å². The van der Waals surface area contributed by atoms with E-state index in [0.29, 0.717) is 6.54 Å². The second-order valence-corrected chi connectivity index (χ2v) is 18.4. The molecule has 67 heavy (non-hydrogen) atoms. The van der Waals surface area contributed by atoms with Crippen LogP contribution in [0.3, 0.4) is 0 Å². The van der Waals surface area contributed by atoms with Gasteiger partial charge in [0.1, 0.15) is 28.9 Å². The number of hydrogen-bond acceptors (Lipinski definition) is 5. The Kier molecular flexibility index (Phi) is 14.2. The van der Waals surface area contributed by atoms with Gasteiger partial charge >= 0.3 is 12.1 Å². The smallest absolute Gasteiger partial charge is 0.407 e. The number of benzene rings is 2. The minimum Gasteiger partial charge on any atom is -0.481 e. The molecule has 0 aliphatic heterocycles. The minimum absolute atomic E-state index is 0.0141. The first kappa shape index (κ1) is 47.6. The normalized spacial score (nSPS) is 12.3. The topological polar surface area (TPSA) is 121 Å². The van der Waals surface area contributed by atoms with Crippen LogP contribution in [-0.2, 0) is 9.53 Å². The van der Waals surface area contributed by atoms with Crippen molar-refractivity contribution in [2.75, 3.05) is 6.54 Å². The van der Waals surface area contributed by atoms with Gasteiger partial charge in [-0.15, -0.1) is 0 Å². The Bertz CT molecular complexity index is 2790. The van der Waals surface area contributed by atoms with Gasteiger partial charge in [-0.3, -0.25) is 4.79 Å². The van der Waals surface area contributed by atoms with Gasteiger partial charge < -0.3 is 33.4 Å². The Morgan fingerprint density at radius 3 is 1.09 bits per heavy atom. The molecule has 8 rings (SSSR count). The number of pyridine rings is 2. The highest BCUT2D eigenvalue weighted by Crippen LogP contribution is 2.33. The van der Waals surface area contributed by atoms with Gasteiger partial charge in [0.15, 0.2) is 0 Å². The third-order valence-electron chi connectivity index (χ3n) is 12.1. The van der Waals surface area contributed by atoms with Gasteiger partial charge in [0, 0.05) is 63.9 Å². The van der Waals surface area contributed by atoms with Crippen LogP contribution in [0.15, 0.2) is 133 Å². The Labute approximate surface area is 394 Å². The standard InChI is InChI=1S/C30H36N4O2.C26H27N3O2/c1-20-13-14-21(2)33(20)27-17-25(18-28(32-27)34-22(3)15-16-23(34)4)26(24-11-9-8-10-12-24)19-31-29(35)36-30(5,6)7;1-17-10-11-18(2)28(17)24-14-22(15-25(27-24)29-19(3)12-13-20(29)4)23(16-26(30)31)21-8-6-5-7-9-21/h8-18,26H,19H2,1-7H3,(H,31,35);5-15,23H,16H2,1-4H3,(H,30,31). The predicted octanol–water partition coefficient (Wildman–Crippen LogP) is 12.1. The van der Waals surface area contributed by atoms with Crippen LogP contribution in [0.2, 0.25) is 0 Å². The average molecular weight is 898 g/mol. The van der Waals surface area contributed by atoms with Gasteiger partial charge in [0.05, 0.1) is 6.42 Å². The van der Waals surface area contributed by atoms with E-state index in [1.165, 1.54) is 0 Å². The molecule has 0 aliphatic rings. The fraction of sp³-hybridized carbons (Fsp3) is 0.286. The number of ether oxygens (including phenoxy) is 1. The minimum atomic E-state index is -0.824. The number of aryl methyl sites for hydroxylation is 8. The highest BCUT2D eigenvalue weighted by molar-refractivity contribution is 5.69. The Morgan fingerprint density at radius 2 is 0.791 bits per heavy atom. The van der Waals surface area contributed by atoms with Crippen molar-refractivity contribution in [1.82, 2.24) is 33.6 Å².